The lowest BCUT2D eigenvalue weighted by molar-refractivity contribution is 0.0825. The highest BCUT2D eigenvalue weighted by Crippen LogP contribution is 2.42. The molecule has 3 heteroatoms. The lowest BCUT2D eigenvalue weighted by atomic mass is 9.87. The van der Waals surface area contributed by atoms with E-state index < -0.39 is 5.60 Å². The van der Waals surface area contributed by atoms with Crippen LogP contribution in [0, 0.1) is 18.6 Å². The Kier molecular flexibility index (Phi) is 2.68. The summed E-state index contributed by atoms with van der Waals surface area (Å²) in [6.07, 6.45) is 1.05. The van der Waals surface area contributed by atoms with Crippen molar-refractivity contribution >= 4 is 0 Å². The molecule has 1 unspecified atom stereocenters. The molecule has 0 fully saturated rings. The van der Waals surface area contributed by atoms with Crippen LogP contribution in [-0.4, -0.2) is 5.11 Å². The van der Waals surface area contributed by atoms with Gasteiger partial charge in [0, 0.05) is 0 Å². The Balaban J connectivity index is 2.16. The minimum absolute atomic E-state index is 0.307. The van der Waals surface area contributed by atoms with Crippen molar-refractivity contribution in [2.24, 2.45) is 0 Å². The molecule has 0 saturated heterocycles. The van der Waals surface area contributed by atoms with Gasteiger partial charge in [0.2, 0.25) is 0 Å². The van der Waals surface area contributed by atoms with Crippen molar-refractivity contribution in [1.29, 1.82) is 0 Å². The van der Waals surface area contributed by atoms with Crippen molar-refractivity contribution in [3.63, 3.8) is 0 Å². The molecule has 0 amide bonds. The Morgan fingerprint density at radius 1 is 1.05 bits per heavy atom. The van der Waals surface area contributed by atoms with E-state index in [0.29, 0.717) is 24.0 Å². The number of halogens is 2. The zero-order chi connectivity index (χ0) is 13.6. The predicted octanol–water partition coefficient (Wildman–Crippen LogP) is 3.46. The van der Waals surface area contributed by atoms with Gasteiger partial charge in [-0.25, -0.2) is 8.78 Å². The molecule has 3 rings (SSSR count). The normalized spacial score (nSPS) is 21.5. The molecule has 2 aromatic carbocycles. The summed E-state index contributed by atoms with van der Waals surface area (Å²) in [5, 5.41) is 10.9. The molecule has 0 aromatic heterocycles. The van der Waals surface area contributed by atoms with Gasteiger partial charge in [-0.15, -0.1) is 0 Å². The smallest absolute Gasteiger partial charge is 0.123 e. The summed E-state index contributed by atoms with van der Waals surface area (Å²) >= 11 is 0. The van der Waals surface area contributed by atoms with Gasteiger partial charge in [-0.05, 0) is 66.3 Å². The first kappa shape index (κ1) is 12.3. The summed E-state index contributed by atoms with van der Waals surface area (Å²) in [7, 11) is 0. The van der Waals surface area contributed by atoms with Gasteiger partial charge >= 0.3 is 0 Å². The molecule has 0 spiro atoms. The van der Waals surface area contributed by atoms with Crippen LogP contribution in [0.25, 0.3) is 0 Å². The molecule has 1 N–H and O–H groups in total. The molecule has 0 bridgehead atoms. The van der Waals surface area contributed by atoms with Gasteiger partial charge in [0.15, 0.2) is 0 Å². The van der Waals surface area contributed by atoms with Crippen molar-refractivity contribution in [3.05, 3.63) is 70.3 Å². The van der Waals surface area contributed by atoms with Crippen LogP contribution in [0.1, 0.15) is 28.7 Å². The first-order valence-electron chi connectivity index (χ1n) is 6.28. The summed E-state index contributed by atoms with van der Waals surface area (Å²) in [6.45, 7) is 1.79. The number of aryl methyl sites for hydroxylation is 2. The molecular weight excluding hydrogens is 246 g/mol. The van der Waals surface area contributed by atoms with Crippen LogP contribution in [0.5, 0.6) is 0 Å². The molecule has 19 heavy (non-hydrogen) atoms. The van der Waals surface area contributed by atoms with Crippen LogP contribution in [0.4, 0.5) is 8.78 Å². The van der Waals surface area contributed by atoms with Crippen LogP contribution in [0.2, 0.25) is 0 Å². The minimum Gasteiger partial charge on any atom is -0.380 e. The SMILES string of the molecule is Cc1cc(F)cc(C2(O)CCc3cc(F)ccc32)c1. The standard InChI is InChI=1S/C16H14F2O/c1-10-6-12(9-14(18)7-10)16(19)5-4-11-8-13(17)2-3-15(11)16/h2-3,6-9,19H,4-5H2,1H3. The third kappa shape index (κ3) is 1.94. The molecular formula is C16H14F2O. The lowest BCUT2D eigenvalue weighted by Crippen LogP contribution is -2.24. The second-order valence-corrected chi connectivity index (χ2v) is 5.18. The highest BCUT2D eigenvalue weighted by atomic mass is 19.1. The van der Waals surface area contributed by atoms with E-state index in [1.54, 1.807) is 19.1 Å². The van der Waals surface area contributed by atoms with E-state index in [1.165, 1.54) is 24.3 Å². The van der Waals surface area contributed by atoms with Gasteiger partial charge in [0.05, 0.1) is 0 Å². The average molecular weight is 260 g/mol. The maximum Gasteiger partial charge on any atom is 0.123 e. The quantitative estimate of drug-likeness (QED) is 0.832. The molecule has 2 aromatic rings. The van der Waals surface area contributed by atoms with Crippen molar-refractivity contribution < 1.29 is 13.9 Å². The fourth-order valence-electron chi connectivity index (χ4n) is 2.90. The Labute approximate surface area is 110 Å². The average Bonchev–Trinajstić information content (AvgIpc) is 2.66. The van der Waals surface area contributed by atoms with Crippen molar-refractivity contribution in [1.82, 2.24) is 0 Å². The minimum atomic E-state index is -1.21. The van der Waals surface area contributed by atoms with Gasteiger partial charge < -0.3 is 5.11 Å². The Morgan fingerprint density at radius 2 is 1.84 bits per heavy atom. The van der Waals surface area contributed by atoms with Crippen LogP contribution in [0.15, 0.2) is 36.4 Å². The van der Waals surface area contributed by atoms with E-state index in [2.05, 4.69) is 0 Å². The Bertz CT molecular complexity index is 631. The molecule has 1 atom stereocenters. The molecule has 98 valence electrons. The molecule has 1 aliphatic rings. The Morgan fingerprint density at radius 3 is 2.58 bits per heavy atom. The van der Waals surface area contributed by atoms with Crippen LogP contribution in [-0.2, 0) is 12.0 Å². The van der Waals surface area contributed by atoms with Crippen molar-refractivity contribution in [2.45, 2.75) is 25.4 Å². The third-order valence-electron chi connectivity index (χ3n) is 3.79. The van der Waals surface area contributed by atoms with Gasteiger partial charge in [0.1, 0.15) is 17.2 Å². The van der Waals surface area contributed by atoms with Gasteiger partial charge in [0.25, 0.3) is 0 Å². The highest BCUT2D eigenvalue weighted by molar-refractivity contribution is 5.46. The summed E-state index contributed by atoms with van der Waals surface area (Å²) in [5.41, 5.74) is 1.56. The maximum absolute atomic E-state index is 13.5. The molecule has 0 aliphatic heterocycles. The first-order valence-corrected chi connectivity index (χ1v) is 6.28. The van der Waals surface area contributed by atoms with E-state index >= 15 is 0 Å². The van der Waals surface area contributed by atoms with E-state index in [-0.39, 0.29) is 11.6 Å². The largest absolute Gasteiger partial charge is 0.380 e. The lowest BCUT2D eigenvalue weighted by Gasteiger charge is -2.25. The molecule has 0 saturated carbocycles. The summed E-state index contributed by atoms with van der Waals surface area (Å²) < 4.78 is 26.7. The van der Waals surface area contributed by atoms with Gasteiger partial charge in [-0.1, -0.05) is 12.1 Å². The van der Waals surface area contributed by atoms with Crippen molar-refractivity contribution in [2.75, 3.05) is 0 Å². The van der Waals surface area contributed by atoms with Crippen LogP contribution in [0.3, 0.4) is 0 Å². The fraction of sp³-hybridized carbons (Fsp3) is 0.250. The highest BCUT2D eigenvalue weighted by Gasteiger charge is 2.38. The second kappa shape index (κ2) is 4.14. The van der Waals surface area contributed by atoms with Crippen LogP contribution >= 0.6 is 0 Å². The number of benzene rings is 2. The monoisotopic (exact) mass is 260 g/mol. The first-order chi connectivity index (χ1) is 8.99. The van der Waals surface area contributed by atoms with Crippen LogP contribution < -0.4 is 0 Å². The summed E-state index contributed by atoms with van der Waals surface area (Å²) in [4.78, 5) is 0. The molecule has 0 radical (unpaired) electrons. The summed E-state index contributed by atoms with van der Waals surface area (Å²) in [5.74, 6) is -0.669. The molecule has 0 heterocycles. The van der Waals surface area contributed by atoms with E-state index in [0.717, 1.165) is 11.1 Å². The van der Waals surface area contributed by atoms with Crippen molar-refractivity contribution in [3.8, 4) is 0 Å². The maximum atomic E-state index is 13.5. The number of rotatable bonds is 1. The zero-order valence-corrected chi connectivity index (χ0v) is 10.6. The molecule has 1 nitrogen and oxygen atoms in total. The Hall–Kier alpha value is -1.74. The topological polar surface area (TPSA) is 20.2 Å². The third-order valence-corrected chi connectivity index (χ3v) is 3.79. The molecule has 1 aliphatic carbocycles. The number of hydrogen-bond donors (Lipinski definition) is 1. The predicted molar refractivity (Wildman–Crippen MR) is 68.9 cm³/mol. The number of hydrogen-bond acceptors (Lipinski definition) is 1. The fourth-order valence-corrected chi connectivity index (χ4v) is 2.90. The number of aliphatic hydroxyl groups is 1. The zero-order valence-electron chi connectivity index (χ0n) is 10.6. The van der Waals surface area contributed by atoms with Gasteiger partial charge in [-0.2, -0.15) is 0 Å². The van der Waals surface area contributed by atoms with E-state index in [4.69, 9.17) is 0 Å². The summed E-state index contributed by atoms with van der Waals surface area (Å²) in [6, 6.07) is 8.93. The second-order valence-electron chi connectivity index (χ2n) is 5.18. The number of fused-ring (bicyclic) bond motifs is 1. The van der Waals surface area contributed by atoms with Gasteiger partial charge in [-0.3, -0.25) is 0 Å². The van der Waals surface area contributed by atoms with E-state index in [9.17, 15) is 13.9 Å². The van der Waals surface area contributed by atoms with E-state index in [1.807, 2.05) is 0 Å².